The Morgan fingerprint density at radius 2 is 2.13 bits per heavy atom. The molecule has 0 aromatic carbocycles. The van der Waals surface area contributed by atoms with Crippen LogP contribution in [0.5, 0.6) is 0 Å². The standard InChI is InChI=1S/C9H14N2O2S.ClH/c1-3-8(10)7-4-5-11-9(6-7)14(2,12)13;/h4-6,8H,3,10H2,1-2H3;1H/t8-;/m0./s1. The van der Waals surface area contributed by atoms with Crippen molar-refractivity contribution in [1.29, 1.82) is 0 Å². The zero-order chi connectivity index (χ0) is 10.8. The molecule has 1 aromatic heterocycles. The van der Waals surface area contributed by atoms with Gasteiger partial charge in [0.2, 0.25) is 0 Å². The molecular weight excluding hydrogens is 236 g/mol. The van der Waals surface area contributed by atoms with Crippen LogP contribution in [0, 0.1) is 0 Å². The van der Waals surface area contributed by atoms with Gasteiger partial charge in [-0.3, -0.25) is 0 Å². The van der Waals surface area contributed by atoms with Crippen LogP contribution in [0.25, 0.3) is 0 Å². The van der Waals surface area contributed by atoms with Gasteiger partial charge in [0.15, 0.2) is 14.9 Å². The van der Waals surface area contributed by atoms with Crippen LogP contribution < -0.4 is 5.73 Å². The van der Waals surface area contributed by atoms with Crippen LogP contribution in [0.4, 0.5) is 0 Å². The molecule has 6 heteroatoms. The van der Waals surface area contributed by atoms with Crippen LogP contribution in [0.2, 0.25) is 0 Å². The Balaban J connectivity index is 0.00000196. The Morgan fingerprint density at radius 1 is 1.53 bits per heavy atom. The van der Waals surface area contributed by atoms with Crippen LogP contribution >= 0.6 is 12.4 Å². The van der Waals surface area contributed by atoms with E-state index in [2.05, 4.69) is 4.98 Å². The van der Waals surface area contributed by atoms with Crippen molar-refractivity contribution in [3.05, 3.63) is 23.9 Å². The first kappa shape index (κ1) is 14.3. The van der Waals surface area contributed by atoms with E-state index >= 15 is 0 Å². The van der Waals surface area contributed by atoms with E-state index in [9.17, 15) is 8.42 Å². The molecule has 2 N–H and O–H groups in total. The molecule has 0 saturated heterocycles. The van der Waals surface area contributed by atoms with E-state index in [0.29, 0.717) is 0 Å². The molecule has 0 spiro atoms. The Bertz CT molecular complexity index is 420. The average molecular weight is 251 g/mol. The van der Waals surface area contributed by atoms with Crippen molar-refractivity contribution in [2.75, 3.05) is 6.26 Å². The van der Waals surface area contributed by atoms with E-state index < -0.39 is 9.84 Å². The summed E-state index contributed by atoms with van der Waals surface area (Å²) in [6, 6.07) is 3.14. The first-order valence-electron chi connectivity index (χ1n) is 4.36. The zero-order valence-electron chi connectivity index (χ0n) is 8.67. The average Bonchev–Trinajstić information content (AvgIpc) is 2.15. The molecule has 0 amide bonds. The van der Waals surface area contributed by atoms with Gasteiger partial charge in [-0.1, -0.05) is 6.92 Å². The summed E-state index contributed by atoms with van der Waals surface area (Å²) in [4.78, 5) is 3.78. The van der Waals surface area contributed by atoms with Gasteiger partial charge in [-0.2, -0.15) is 0 Å². The highest BCUT2D eigenvalue weighted by atomic mass is 35.5. The van der Waals surface area contributed by atoms with Gasteiger partial charge in [0.05, 0.1) is 0 Å². The predicted octanol–water partition coefficient (Wildman–Crippen LogP) is 1.32. The van der Waals surface area contributed by atoms with Gasteiger partial charge < -0.3 is 5.73 Å². The summed E-state index contributed by atoms with van der Waals surface area (Å²) in [5.74, 6) is 0. The second kappa shape index (κ2) is 5.44. The normalized spacial score (nSPS) is 13.0. The monoisotopic (exact) mass is 250 g/mol. The molecule has 1 aromatic rings. The third kappa shape index (κ3) is 3.77. The summed E-state index contributed by atoms with van der Waals surface area (Å²) in [7, 11) is -3.23. The maximum atomic E-state index is 11.2. The maximum Gasteiger partial charge on any atom is 0.192 e. The Labute approximate surface area is 96.2 Å². The van der Waals surface area contributed by atoms with E-state index in [0.717, 1.165) is 18.2 Å². The molecule has 0 unspecified atom stereocenters. The first-order valence-corrected chi connectivity index (χ1v) is 6.26. The second-order valence-corrected chi connectivity index (χ2v) is 5.18. The number of halogens is 1. The Kier molecular flexibility index (Phi) is 5.20. The van der Waals surface area contributed by atoms with E-state index in [1.807, 2.05) is 6.92 Å². The SMILES string of the molecule is CC[C@H](N)c1ccnc(S(C)(=O)=O)c1.Cl. The van der Waals surface area contributed by atoms with Crippen LogP contribution in [-0.2, 0) is 9.84 Å². The van der Waals surface area contributed by atoms with Gasteiger partial charge in [0.1, 0.15) is 0 Å². The molecular formula is C9H15ClN2O2S. The summed E-state index contributed by atoms with van der Waals surface area (Å²) in [6.07, 6.45) is 3.38. The molecule has 1 atom stereocenters. The summed E-state index contributed by atoms with van der Waals surface area (Å²) in [5, 5.41) is 0.0823. The van der Waals surface area contributed by atoms with Gasteiger partial charge in [0, 0.05) is 18.5 Å². The van der Waals surface area contributed by atoms with E-state index in [-0.39, 0.29) is 23.5 Å². The third-order valence-electron chi connectivity index (χ3n) is 2.01. The van der Waals surface area contributed by atoms with Gasteiger partial charge in [0.25, 0.3) is 0 Å². The van der Waals surface area contributed by atoms with Crippen molar-refractivity contribution >= 4 is 22.2 Å². The van der Waals surface area contributed by atoms with Crippen molar-refractivity contribution in [3.63, 3.8) is 0 Å². The van der Waals surface area contributed by atoms with E-state index in [1.165, 1.54) is 12.3 Å². The fourth-order valence-electron chi connectivity index (χ4n) is 1.09. The third-order valence-corrected chi connectivity index (χ3v) is 2.99. The largest absolute Gasteiger partial charge is 0.324 e. The molecule has 4 nitrogen and oxygen atoms in total. The highest BCUT2D eigenvalue weighted by Crippen LogP contribution is 2.15. The lowest BCUT2D eigenvalue weighted by Gasteiger charge is -2.09. The van der Waals surface area contributed by atoms with Crippen molar-refractivity contribution in [2.45, 2.75) is 24.4 Å². The highest BCUT2D eigenvalue weighted by molar-refractivity contribution is 7.90. The highest BCUT2D eigenvalue weighted by Gasteiger charge is 2.11. The predicted molar refractivity (Wildman–Crippen MR) is 61.8 cm³/mol. The van der Waals surface area contributed by atoms with Gasteiger partial charge in [-0.05, 0) is 24.1 Å². The molecule has 0 saturated carbocycles. The van der Waals surface area contributed by atoms with Gasteiger partial charge in [-0.15, -0.1) is 12.4 Å². The summed E-state index contributed by atoms with van der Waals surface area (Å²) >= 11 is 0. The summed E-state index contributed by atoms with van der Waals surface area (Å²) in [5.41, 5.74) is 6.59. The zero-order valence-corrected chi connectivity index (χ0v) is 10.3. The van der Waals surface area contributed by atoms with Gasteiger partial charge >= 0.3 is 0 Å². The van der Waals surface area contributed by atoms with Crippen molar-refractivity contribution in [3.8, 4) is 0 Å². The minimum Gasteiger partial charge on any atom is -0.324 e. The van der Waals surface area contributed by atoms with Gasteiger partial charge in [-0.25, -0.2) is 13.4 Å². The number of hydrogen-bond donors (Lipinski definition) is 1. The maximum absolute atomic E-state index is 11.2. The minimum atomic E-state index is -3.23. The van der Waals surface area contributed by atoms with Crippen LogP contribution in [-0.4, -0.2) is 19.7 Å². The van der Waals surface area contributed by atoms with Crippen molar-refractivity contribution < 1.29 is 8.42 Å². The molecule has 0 aliphatic carbocycles. The number of rotatable bonds is 3. The summed E-state index contributed by atoms with van der Waals surface area (Å²) in [6.45, 7) is 1.95. The number of pyridine rings is 1. The van der Waals surface area contributed by atoms with Crippen molar-refractivity contribution in [1.82, 2.24) is 4.98 Å². The minimum absolute atomic E-state index is 0. The molecule has 0 aliphatic rings. The number of hydrogen-bond acceptors (Lipinski definition) is 4. The molecule has 1 rings (SSSR count). The van der Waals surface area contributed by atoms with E-state index in [1.54, 1.807) is 6.07 Å². The van der Waals surface area contributed by atoms with Crippen LogP contribution in [0.1, 0.15) is 24.9 Å². The van der Waals surface area contributed by atoms with E-state index in [4.69, 9.17) is 5.73 Å². The molecule has 0 aliphatic heterocycles. The lowest BCUT2D eigenvalue weighted by atomic mass is 10.1. The fourth-order valence-corrected chi connectivity index (χ4v) is 1.70. The lowest BCUT2D eigenvalue weighted by molar-refractivity contribution is 0.597. The summed E-state index contributed by atoms with van der Waals surface area (Å²) < 4.78 is 22.4. The molecule has 86 valence electrons. The van der Waals surface area contributed by atoms with Crippen LogP contribution in [0.3, 0.4) is 0 Å². The molecule has 1 heterocycles. The lowest BCUT2D eigenvalue weighted by Crippen LogP contribution is -2.10. The number of aromatic nitrogens is 1. The number of sulfone groups is 1. The first-order chi connectivity index (χ1) is 6.45. The fraction of sp³-hybridized carbons (Fsp3) is 0.444. The quantitative estimate of drug-likeness (QED) is 0.878. The second-order valence-electron chi connectivity index (χ2n) is 3.21. The molecule has 0 bridgehead atoms. The Morgan fingerprint density at radius 3 is 2.60 bits per heavy atom. The number of nitrogens with two attached hydrogens (primary N) is 1. The topological polar surface area (TPSA) is 73.0 Å². The number of nitrogens with zero attached hydrogens (tertiary/aromatic N) is 1. The van der Waals surface area contributed by atoms with Crippen molar-refractivity contribution in [2.24, 2.45) is 5.73 Å². The molecule has 0 fully saturated rings. The molecule has 15 heavy (non-hydrogen) atoms. The Hall–Kier alpha value is -0.650. The van der Waals surface area contributed by atoms with Crippen LogP contribution in [0.15, 0.2) is 23.4 Å². The smallest absolute Gasteiger partial charge is 0.192 e. The molecule has 0 radical (unpaired) electrons.